The average molecular weight is 1200 g/mol. The highest BCUT2D eigenvalue weighted by molar-refractivity contribution is 6.00. The van der Waals surface area contributed by atoms with Gasteiger partial charge in [0.25, 0.3) is 0 Å². The third kappa shape index (κ3) is 19.1. The molecule has 8 atom stereocenters. The van der Waals surface area contributed by atoms with Gasteiger partial charge < -0.3 is 61.9 Å². The van der Waals surface area contributed by atoms with Crippen LogP contribution in [0, 0.1) is 29.6 Å². The van der Waals surface area contributed by atoms with E-state index in [1.165, 1.54) is 38.7 Å². The first-order valence-electron chi connectivity index (χ1n) is 29.0. The Morgan fingerprint density at radius 1 is 0.563 bits per heavy atom. The van der Waals surface area contributed by atoms with Crippen molar-refractivity contribution in [3.05, 3.63) is 156 Å². The van der Waals surface area contributed by atoms with E-state index in [9.17, 15) is 29.1 Å². The van der Waals surface area contributed by atoms with E-state index in [1.807, 2.05) is 123 Å². The summed E-state index contributed by atoms with van der Waals surface area (Å²) in [6, 6.07) is 37.5. The molecule has 4 heterocycles. The lowest BCUT2D eigenvalue weighted by Gasteiger charge is -2.34. The van der Waals surface area contributed by atoms with Crippen LogP contribution in [0.15, 0.2) is 134 Å². The molecule has 0 spiro atoms. The van der Waals surface area contributed by atoms with E-state index in [0.717, 1.165) is 22.6 Å². The first-order chi connectivity index (χ1) is 42.1. The predicted molar refractivity (Wildman–Crippen MR) is 319 cm³/mol. The second-order valence-corrected chi connectivity index (χ2v) is 21.4. The molecule has 2 saturated heterocycles. The summed E-state index contributed by atoms with van der Waals surface area (Å²) in [5, 5.41) is 10.4. The molecule has 87 heavy (non-hydrogen) atoms. The number of methoxy groups -OCH3 is 4. The fourth-order valence-electron chi connectivity index (χ4n) is 10.1. The molecule has 6 aromatic rings. The molecule has 0 radical (unpaired) electrons. The molecule has 2 aromatic heterocycles. The number of aromatic hydroxyl groups is 1. The van der Waals surface area contributed by atoms with Crippen LogP contribution in [0.1, 0.15) is 85.5 Å². The summed E-state index contributed by atoms with van der Waals surface area (Å²) >= 11 is 0. The zero-order valence-corrected chi connectivity index (χ0v) is 50.5. The molecule has 1 N–H and O–H groups in total. The molecule has 20 heteroatoms. The number of carbonyl (C=O) groups is 5. The molecule has 0 unspecified atom stereocenters. The minimum absolute atomic E-state index is 0.00148. The van der Waals surface area contributed by atoms with Crippen LogP contribution in [-0.2, 0) is 50.9 Å². The van der Waals surface area contributed by atoms with Gasteiger partial charge in [0.15, 0.2) is 46.0 Å². The van der Waals surface area contributed by atoms with Gasteiger partial charge in [0.1, 0.15) is 47.4 Å². The topological polar surface area (TPSA) is 242 Å². The number of ether oxygens (including phenoxy) is 12. The monoisotopic (exact) mass is 1200 g/mol. The van der Waals surface area contributed by atoms with Gasteiger partial charge >= 0.3 is 17.9 Å². The van der Waals surface area contributed by atoms with E-state index in [2.05, 4.69) is 9.97 Å². The highest BCUT2D eigenvalue weighted by atomic mass is 16.7. The number of aromatic nitrogens is 2. The number of hydrogen-bond donors (Lipinski definition) is 1. The van der Waals surface area contributed by atoms with Crippen LogP contribution in [0.2, 0.25) is 0 Å². The van der Waals surface area contributed by atoms with Crippen LogP contribution in [0.5, 0.6) is 46.0 Å². The van der Waals surface area contributed by atoms with E-state index in [1.54, 1.807) is 28.1 Å². The van der Waals surface area contributed by atoms with Crippen LogP contribution in [0.3, 0.4) is 0 Å². The summed E-state index contributed by atoms with van der Waals surface area (Å²) in [5.41, 5.74) is 1.95. The van der Waals surface area contributed by atoms with Crippen LogP contribution >= 0.6 is 0 Å². The van der Waals surface area contributed by atoms with E-state index < -0.39 is 72.5 Å². The zero-order valence-electron chi connectivity index (χ0n) is 50.5. The maximum absolute atomic E-state index is 13.6. The fraction of sp³-hybridized carbons (Fsp3) is 0.418. The Hall–Kier alpha value is -8.75. The molecule has 0 saturated carbocycles. The standard InChI is InChI=1S/C36H43NO10.C31H35NO8/c1-23(2)35(39)45-22-44-34-31(42-5)15-17-37-32(34)30(38)20-27-21-43-18-16-26(19-25-11-13-28(41-4)14-12-25)33(24(3)46-36(27)40)47-29-9-7-6-8-10-29;1-20-30(40-25-7-5-4-6-8-25)22(17-21-9-11-24(36-2)12-10-21)14-16-38-19-23(31(35)39-20)18-26(33)28-29(34)27(37-3)13-15-32-28/h6-15,17,23-24,26-27,33H,16,18-22H2,1-5H3;4-13,15,20,22-23,30,34H,14,16-19H2,1-3H3/t24-,26+,27-,33-;20-,22+,23-,30-/m00/s1. The Morgan fingerprint density at radius 2 is 1.00 bits per heavy atom. The minimum atomic E-state index is -0.917. The number of rotatable bonds is 22. The summed E-state index contributed by atoms with van der Waals surface area (Å²) in [6.07, 6.45) is 2.63. The Balaban J connectivity index is 0.000000252. The molecule has 464 valence electrons. The minimum Gasteiger partial charge on any atom is -0.503 e. The lowest BCUT2D eigenvalue weighted by molar-refractivity contribution is -0.164. The second kappa shape index (κ2) is 33.2. The fourth-order valence-corrected chi connectivity index (χ4v) is 10.1. The van der Waals surface area contributed by atoms with Crippen LogP contribution in [0.25, 0.3) is 0 Å². The summed E-state index contributed by atoms with van der Waals surface area (Å²) in [4.78, 5) is 73.6. The van der Waals surface area contributed by atoms with Crippen LogP contribution in [-0.4, -0.2) is 131 Å². The number of benzene rings is 4. The molecule has 0 amide bonds. The highest BCUT2D eigenvalue weighted by Crippen LogP contribution is 2.35. The molecule has 2 aliphatic heterocycles. The number of ketones is 2. The number of cyclic esters (lactones) is 2. The van der Waals surface area contributed by atoms with Crippen molar-refractivity contribution in [2.45, 2.75) is 90.6 Å². The van der Waals surface area contributed by atoms with Crippen molar-refractivity contribution in [3.63, 3.8) is 0 Å². The van der Waals surface area contributed by atoms with Gasteiger partial charge in [-0.3, -0.25) is 24.0 Å². The molecule has 2 fully saturated rings. The van der Waals surface area contributed by atoms with Crippen molar-refractivity contribution >= 4 is 29.5 Å². The zero-order chi connectivity index (χ0) is 62.2. The van der Waals surface area contributed by atoms with Crippen molar-refractivity contribution in [2.75, 3.05) is 61.7 Å². The van der Waals surface area contributed by atoms with Crippen molar-refractivity contribution in [2.24, 2.45) is 29.6 Å². The van der Waals surface area contributed by atoms with Gasteiger partial charge in [0.05, 0.1) is 59.4 Å². The van der Waals surface area contributed by atoms with Crippen LogP contribution in [0.4, 0.5) is 0 Å². The predicted octanol–water partition coefficient (Wildman–Crippen LogP) is 10.1. The number of Topliss-reactive ketones (excluding diaryl/α,β-unsaturated/α-hetero) is 2. The third-order valence-electron chi connectivity index (χ3n) is 14.8. The SMILES string of the molecule is COc1ccc(C[C@H]2CCOC[C@H](CC(=O)c3nccc(OC)c3O)C(=O)O[C@@H](C)[C@@H]2Oc2ccccc2)cc1.COc1ccc(C[C@H]2CCOC[C@H](CC(=O)c3nccc(OC)c3OCOC(=O)C(C)C)C(=O)O[C@@H](C)[C@@H]2Oc2ccccc2)cc1. The number of hydrogen-bond acceptors (Lipinski definition) is 20. The largest absolute Gasteiger partial charge is 0.503 e. The normalized spacial score (nSPS) is 20.8. The van der Waals surface area contributed by atoms with Gasteiger partial charge in [-0.05, 0) is 99.2 Å². The summed E-state index contributed by atoms with van der Waals surface area (Å²) in [6.45, 7) is 7.25. The van der Waals surface area contributed by atoms with Gasteiger partial charge in [0.2, 0.25) is 6.79 Å². The smallest absolute Gasteiger partial charge is 0.312 e. The van der Waals surface area contributed by atoms with Gasteiger partial charge in [0, 0.05) is 62.4 Å². The number of para-hydroxylation sites is 2. The first kappa shape index (κ1) is 65.8. The number of carbonyl (C=O) groups excluding carboxylic acids is 5. The average Bonchev–Trinajstić information content (AvgIpc) is 2.72. The molecule has 8 rings (SSSR count). The summed E-state index contributed by atoms with van der Waals surface area (Å²) < 4.78 is 68.5. The molecular formula is C67H78N2O18. The van der Waals surface area contributed by atoms with Gasteiger partial charge in [-0.1, -0.05) is 74.5 Å². The maximum Gasteiger partial charge on any atom is 0.312 e. The molecule has 0 aliphatic carbocycles. The van der Waals surface area contributed by atoms with Crippen molar-refractivity contribution in [1.82, 2.24) is 9.97 Å². The van der Waals surface area contributed by atoms with E-state index >= 15 is 0 Å². The van der Waals surface area contributed by atoms with Crippen molar-refractivity contribution in [1.29, 1.82) is 0 Å². The lowest BCUT2D eigenvalue weighted by atomic mass is 9.88. The van der Waals surface area contributed by atoms with Gasteiger partial charge in [-0.15, -0.1) is 0 Å². The first-order valence-corrected chi connectivity index (χ1v) is 29.0. The molecule has 0 bridgehead atoms. The van der Waals surface area contributed by atoms with E-state index in [-0.39, 0.29) is 78.2 Å². The van der Waals surface area contributed by atoms with Crippen molar-refractivity contribution < 1.29 is 85.9 Å². The van der Waals surface area contributed by atoms with Crippen LogP contribution < -0.4 is 33.2 Å². The molecule has 4 aromatic carbocycles. The Bertz CT molecular complexity index is 3140. The lowest BCUT2D eigenvalue weighted by Crippen LogP contribution is -2.43. The quantitative estimate of drug-likeness (QED) is 0.0287. The van der Waals surface area contributed by atoms with Gasteiger partial charge in [-0.2, -0.15) is 0 Å². The summed E-state index contributed by atoms with van der Waals surface area (Å²) in [7, 11) is 6.05. The van der Waals surface area contributed by atoms with Crippen molar-refractivity contribution in [3.8, 4) is 46.0 Å². The molecule has 20 nitrogen and oxygen atoms in total. The number of esters is 3. The third-order valence-corrected chi connectivity index (χ3v) is 14.8. The Morgan fingerprint density at radius 3 is 1.44 bits per heavy atom. The Kier molecular flexibility index (Phi) is 25.1. The van der Waals surface area contributed by atoms with E-state index in [4.69, 9.17) is 56.8 Å². The molecular weight excluding hydrogens is 1120 g/mol. The Labute approximate surface area is 507 Å². The summed E-state index contributed by atoms with van der Waals surface area (Å²) in [5.74, 6) is -2.01. The van der Waals surface area contributed by atoms with E-state index in [0.29, 0.717) is 50.4 Å². The maximum atomic E-state index is 13.6. The second-order valence-electron chi connectivity index (χ2n) is 21.4. The highest BCUT2D eigenvalue weighted by Gasteiger charge is 2.38. The molecule has 2 aliphatic rings. The number of pyridine rings is 2. The number of nitrogens with zero attached hydrogens (tertiary/aromatic N) is 2. The van der Waals surface area contributed by atoms with Gasteiger partial charge in [-0.25, -0.2) is 9.97 Å².